The Kier molecular flexibility index (Phi) is 4.48. The van der Waals surface area contributed by atoms with Crippen molar-refractivity contribution in [3.8, 4) is 0 Å². The highest BCUT2D eigenvalue weighted by molar-refractivity contribution is 5.31. The Balaban J connectivity index is 2.87. The molecule has 0 bridgehead atoms. The monoisotopic (exact) mass is 223 g/mol. The van der Waals surface area contributed by atoms with Crippen molar-refractivity contribution < 1.29 is 4.39 Å². The summed E-state index contributed by atoms with van der Waals surface area (Å²) in [6.45, 7) is 6.79. The van der Waals surface area contributed by atoms with Gasteiger partial charge in [0.2, 0.25) is 0 Å². The molecule has 0 aromatic heterocycles. The van der Waals surface area contributed by atoms with Crippen molar-refractivity contribution >= 4 is 0 Å². The summed E-state index contributed by atoms with van der Waals surface area (Å²) in [5.74, 6) is -0.0352. The molecule has 0 saturated carbocycles. The predicted octanol–water partition coefficient (Wildman–Crippen LogP) is 3.40. The van der Waals surface area contributed by atoms with E-state index in [-0.39, 0.29) is 11.2 Å². The highest BCUT2D eigenvalue weighted by Crippen LogP contribution is 2.27. The lowest BCUT2D eigenvalue weighted by atomic mass is 9.85. The third-order valence-corrected chi connectivity index (χ3v) is 2.79. The second-order valence-electron chi connectivity index (χ2n) is 5.27. The van der Waals surface area contributed by atoms with Crippen LogP contribution in [0.4, 0.5) is 4.39 Å². The van der Waals surface area contributed by atoms with Crippen molar-refractivity contribution in [2.75, 3.05) is 6.54 Å². The van der Waals surface area contributed by atoms with E-state index in [0.717, 1.165) is 30.4 Å². The highest BCUT2D eigenvalue weighted by atomic mass is 19.1. The normalized spacial score (nSPS) is 11.8. The van der Waals surface area contributed by atoms with Crippen LogP contribution in [0.15, 0.2) is 18.2 Å². The summed E-state index contributed by atoms with van der Waals surface area (Å²) in [5.41, 5.74) is 6.93. The predicted molar refractivity (Wildman–Crippen MR) is 67.1 cm³/mol. The Morgan fingerprint density at radius 3 is 2.44 bits per heavy atom. The number of unbranched alkanes of at least 4 members (excludes halogenated alkanes) is 1. The van der Waals surface area contributed by atoms with Crippen LogP contribution in [0.3, 0.4) is 0 Å². The summed E-state index contributed by atoms with van der Waals surface area (Å²) in [7, 11) is 0. The quantitative estimate of drug-likeness (QED) is 0.778. The summed E-state index contributed by atoms with van der Waals surface area (Å²) in [4.78, 5) is 0. The first-order valence-electron chi connectivity index (χ1n) is 5.94. The van der Waals surface area contributed by atoms with E-state index < -0.39 is 0 Å². The molecule has 0 atom stereocenters. The summed E-state index contributed by atoms with van der Waals surface area (Å²) in [6.07, 6.45) is 2.70. The summed E-state index contributed by atoms with van der Waals surface area (Å²) >= 11 is 0. The molecule has 0 saturated heterocycles. The number of aryl methyl sites for hydroxylation is 1. The first-order chi connectivity index (χ1) is 7.46. The molecule has 0 radical (unpaired) electrons. The number of hydrogen-bond donors (Lipinski definition) is 1. The van der Waals surface area contributed by atoms with Gasteiger partial charge in [-0.1, -0.05) is 39.0 Å². The molecule has 0 unspecified atom stereocenters. The van der Waals surface area contributed by atoms with Gasteiger partial charge in [0.05, 0.1) is 0 Å². The summed E-state index contributed by atoms with van der Waals surface area (Å²) in [6, 6.07) is 5.70. The molecule has 0 aliphatic rings. The first kappa shape index (κ1) is 13.2. The van der Waals surface area contributed by atoms with Crippen molar-refractivity contribution in [1.82, 2.24) is 0 Å². The molecule has 0 aliphatic carbocycles. The van der Waals surface area contributed by atoms with Gasteiger partial charge in [-0.2, -0.15) is 0 Å². The largest absolute Gasteiger partial charge is 0.330 e. The van der Waals surface area contributed by atoms with E-state index >= 15 is 0 Å². The molecule has 0 fully saturated rings. The fourth-order valence-electron chi connectivity index (χ4n) is 1.81. The minimum Gasteiger partial charge on any atom is -0.330 e. The molecular formula is C14H22FN. The van der Waals surface area contributed by atoms with Gasteiger partial charge >= 0.3 is 0 Å². The van der Waals surface area contributed by atoms with Crippen molar-refractivity contribution in [3.05, 3.63) is 35.1 Å². The second kappa shape index (κ2) is 5.44. The zero-order valence-corrected chi connectivity index (χ0v) is 10.5. The Labute approximate surface area is 97.9 Å². The van der Waals surface area contributed by atoms with Crippen LogP contribution in [0.25, 0.3) is 0 Å². The van der Waals surface area contributed by atoms with E-state index in [9.17, 15) is 4.39 Å². The Morgan fingerprint density at radius 2 is 1.88 bits per heavy atom. The van der Waals surface area contributed by atoms with Crippen LogP contribution >= 0.6 is 0 Å². The van der Waals surface area contributed by atoms with Gasteiger partial charge in [0.15, 0.2) is 0 Å². The van der Waals surface area contributed by atoms with Gasteiger partial charge in [-0.05, 0) is 42.3 Å². The standard InChI is InChI=1S/C14H22FN/c1-14(2,3)12-9-6-8-11(13(12)15)7-4-5-10-16/h6,8-9H,4-5,7,10,16H2,1-3H3. The summed E-state index contributed by atoms with van der Waals surface area (Å²) < 4.78 is 14.2. The number of benzene rings is 1. The maximum atomic E-state index is 14.2. The van der Waals surface area contributed by atoms with Crippen LogP contribution in [-0.4, -0.2) is 6.54 Å². The number of hydrogen-bond acceptors (Lipinski definition) is 1. The van der Waals surface area contributed by atoms with E-state index in [2.05, 4.69) is 0 Å². The van der Waals surface area contributed by atoms with E-state index in [0.29, 0.717) is 6.54 Å². The molecule has 90 valence electrons. The fraction of sp³-hybridized carbons (Fsp3) is 0.571. The molecule has 0 heterocycles. The highest BCUT2D eigenvalue weighted by Gasteiger charge is 2.19. The fourth-order valence-corrected chi connectivity index (χ4v) is 1.81. The van der Waals surface area contributed by atoms with Gasteiger partial charge in [0.1, 0.15) is 5.82 Å². The minimum absolute atomic E-state index is 0.0352. The van der Waals surface area contributed by atoms with Crippen LogP contribution in [0.2, 0.25) is 0 Å². The van der Waals surface area contributed by atoms with E-state index in [4.69, 9.17) is 5.73 Å². The molecule has 16 heavy (non-hydrogen) atoms. The van der Waals surface area contributed by atoms with Crippen molar-refractivity contribution in [3.63, 3.8) is 0 Å². The molecule has 1 nitrogen and oxygen atoms in total. The summed E-state index contributed by atoms with van der Waals surface area (Å²) in [5, 5.41) is 0. The van der Waals surface area contributed by atoms with Crippen molar-refractivity contribution in [1.29, 1.82) is 0 Å². The Hall–Kier alpha value is -0.890. The average Bonchev–Trinajstić information content (AvgIpc) is 2.19. The third kappa shape index (κ3) is 3.31. The third-order valence-electron chi connectivity index (χ3n) is 2.79. The molecule has 2 heteroatoms. The maximum Gasteiger partial charge on any atom is 0.130 e. The first-order valence-corrected chi connectivity index (χ1v) is 5.94. The minimum atomic E-state index is -0.131. The molecule has 0 amide bonds. The van der Waals surface area contributed by atoms with E-state index in [1.54, 1.807) is 0 Å². The molecule has 0 aliphatic heterocycles. The van der Waals surface area contributed by atoms with Gasteiger partial charge in [-0.15, -0.1) is 0 Å². The van der Waals surface area contributed by atoms with Gasteiger partial charge in [0, 0.05) is 0 Å². The van der Waals surface area contributed by atoms with Gasteiger partial charge in [-0.3, -0.25) is 0 Å². The van der Waals surface area contributed by atoms with Crippen molar-refractivity contribution in [2.45, 2.75) is 45.4 Å². The zero-order chi connectivity index (χ0) is 12.2. The number of nitrogens with two attached hydrogens (primary N) is 1. The lowest BCUT2D eigenvalue weighted by Gasteiger charge is -2.21. The van der Waals surface area contributed by atoms with E-state index in [1.807, 2.05) is 39.0 Å². The molecular weight excluding hydrogens is 201 g/mol. The van der Waals surface area contributed by atoms with E-state index in [1.165, 1.54) is 0 Å². The number of halogens is 1. The van der Waals surface area contributed by atoms with Crippen LogP contribution in [0.5, 0.6) is 0 Å². The average molecular weight is 223 g/mol. The second-order valence-corrected chi connectivity index (χ2v) is 5.27. The SMILES string of the molecule is CC(C)(C)c1cccc(CCCCN)c1F. The maximum absolute atomic E-state index is 14.2. The lowest BCUT2D eigenvalue weighted by Crippen LogP contribution is -2.14. The smallest absolute Gasteiger partial charge is 0.130 e. The van der Waals surface area contributed by atoms with Crippen LogP contribution in [-0.2, 0) is 11.8 Å². The van der Waals surface area contributed by atoms with Crippen LogP contribution < -0.4 is 5.73 Å². The molecule has 1 rings (SSSR count). The number of rotatable bonds is 4. The molecule has 2 N–H and O–H groups in total. The van der Waals surface area contributed by atoms with Crippen molar-refractivity contribution in [2.24, 2.45) is 5.73 Å². The lowest BCUT2D eigenvalue weighted by molar-refractivity contribution is 0.513. The zero-order valence-electron chi connectivity index (χ0n) is 10.5. The molecule has 1 aromatic rings. The topological polar surface area (TPSA) is 26.0 Å². The molecule has 0 spiro atoms. The molecule has 1 aromatic carbocycles. The van der Waals surface area contributed by atoms with Gasteiger partial charge in [-0.25, -0.2) is 4.39 Å². The van der Waals surface area contributed by atoms with Crippen LogP contribution in [0.1, 0.15) is 44.7 Å². The van der Waals surface area contributed by atoms with Gasteiger partial charge in [0.25, 0.3) is 0 Å². The Morgan fingerprint density at radius 1 is 1.19 bits per heavy atom. The van der Waals surface area contributed by atoms with Crippen LogP contribution in [0, 0.1) is 5.82 Å². The van der Waals surface area contributed by atoms with Gasteiger partial charge < -0.3 is 5.73 Å². The Bertz CT molecular complexity index is 339.